The zero-order valence-corrected chi connectivity index (χ0v) is 11.4. The van der Waals surface area contributed by atoms with Gasteiger partial charge in [-0.15, -0.1) is 0 Å². The monoisotopic (exact) mass is 256 g/mol. The molecule has 3 rings (SSSR count). The molecular formula is C16H20N2O. The summed E-state index contributed by atoms with van der Waals surface area (Å²) in [5.74, 6) is 2.36. The molecule has 1 aromatic carbocycles. The maximum atomic E-state index is 5.36. The molecule has 0 aliphatic heterocycles. The van der Waals surface area contributed by atoms with E-state index in [2.05, 4.69) is 29.2 Å². The summed E-state index contributed by atoms with van der Waals surface area (Å²) in [6, 6.07) is 8.22. The van der Waals surface area contributed by atoms with Gasteiger partial charge in [-0.2, -0.15) is 4.98 Å². The van der Waals surface area contributed by atoms with Gasteiger partial charge in [0.2, 0.25) is 11.7 Å². The van der Waals surface area contributed by atoms with Gasteiger partial charge in [0.25, 0.3) is 0 Å². The average molecular weight is 256 g/mol. The van der Waals surface area contributed by atoms with Gasteiger partial charge < -0.3 is 4.52 Å². The van der Waals surface area contributed by atoms with Gasteiger partial charge in [0.15, 0.2) is 0 Å². The van der Waals surface area contributed by atoms with Crippen LogP contribution in [0.4, 0.5) is 0 Å². The van der Waals surface area contributed by atoms with Crippen LogP contribution in [0, 0.1) is 12.8 Å². The summed E-state index contributed by atoms with van der Waals surface area (Å²) in [7, 11) is 0. The summed E-state index contributed by atoms with van der Waals surface area (Å²) in [4.78, 5) is 4.50. The standard InChI is InChI=1S/C16H20N2O/c1-12-5-4-8-14(11-12)16-17-15(19-18-16)10-9-13-6-2-3-7-13/h4-5,8,11,13H,2-3,6-7,9-10H2,1H3. The van der Waals surface area contributed by atoms with Crippen molar-refractivity contribution in [3.8, 4) is 11.4 Å². The Kier molecular flexibility index (Phi) is 3.62. The highest BCUT2D eigenvalue weighted by atomic mass is 16.5. The fraction of sp³-hybridized carbons (Fsp3) is 0.500. The predicted octanol–water partition coefficient (Wildman–Crippen LogP) is 4.17. The average Bonchev–Trinajstić information content (AvgIpc) is 3.08. The third-order valence-electron chi connectivity index (χ3n) is 3.99. The Labute approximate surface area is 114 Å². The van der Waals surface area contributed by atoms with Crippen molar-refractivity contribution in [2.45, 2.75) is 45.4 Å². The highest BCUT2D eigenvalue weighted by molar-refractivity contribution is 5.55. The Bertz CT molecular complexity index is 541. The van der Waals surface area contributed by atoms with Gasteiger partial charge in [-0.1, -0.05) is 54.6 Å². The first-order valence-electron chi connectivity index (χ1n) is 7.21. The molecule has 0 atom stereocenters. The number of aromatic nitrogens is 2. The van der Waals surface area contributed by atoms with Crippen LogP contribution in [0.25, 0.3) is 11.4 Å². The molecule has 0 saturated heterocycles. The molecule has 1 fully saturated rings. The molecule has 3 heteroatoms. The van der Waals surface area contributed by atoms with Gasteiger partial charge in [0, 0.05) is 12.0 Å². The van der Waals surface area contributed by atoms with Crippen LogP contribution in [0.3, 0.4) is 0 Å². The smallest absolute Gasteiger partial charge is 0.226 e. The van der Waals surface area contributed by atoms with Crippen LogP contribution >= 0.6 is 0 Å². The third-order valence-corrected chi connectivity index (χ3v) is 3.99. The van der Waals surface area contributed by atoms with Crippen molar-refractivity contribution in [3.63, 3.8) is 0 Å². The summed E-state index contributed by atoms with van der Waals surface area (Å²) in [5, 5.41) is 4.09. The van der Waals surface area contributed by atoms with Crippen LogP contribution in [0.2, 0.25) is 0 Å². The van der Waals surface area contributed by atoms with E-state index in [9.17, 15) is 0 Å². The van der Waals surface area contributed by atoms with Crippen molar-refractivity contribution in [2.24, 2.45) is 5.92 Å². The van der Waals surface area contributed by atoms with E-state index in [0.29, 0.717) is 5.82 Å². The van der Waals surface area contributed by atoms with E-state index in [1.807, 2.05) is 12.1 Å². The van der Waals surface area contributed by atoms with Crippen LogP contribution < -0.4 is 0 Å². The van der Waals surface area contributed by atoms with Crippen LogP contribution in [0.5, 0.6) is 0 Å². The molecule has 19 heavy (non-hydrogen) atoms. The largest absolute Gasteiger partial charge is 0.339 e. The summed E-state index contributed by atoms with van der Waals surface area (Å²) < 4.78 is 5.36. The molecule has 0 unspecified atom stereocenters. The lowest BCUT2D eigenvalue weighted by Gasteiger charge is -2.04. The van der Waals surface area contributed by atoms with Crippen LogP contribution in [0.1, 0.15) is 43.6 Å². The van der Waals surface area contributed by atoms with Gasteiger partial charge in [0.05, 0.1) is 0 Å². The molecule has 1 heterocycles. The van der Waals surface area contributed by atoms with E-state index < -0.39 is 0 Å². The minimum absolute atomic E-state index is 0.713. The second-order valence-corrected chi connectivity index (χ2v) is 5.57. The van der Waals surface area contributed by atoms with Crippen molar-refractivity contribution in [3.05, 3.63) is 35.7 Å². The Balaban J connectivity index is 1.65. The van der Waals surface area contributed by atoms with Crippen molar-refractivity contribution >= 4 is 0 Å². The highest BCUT2D eigenvalue weighted by Crippen LogP contribution is 2.28. The highest BCUT2D eigenvalue weighted by Gasteiger charge is 2.16. The quantitative estimate of drug-likeness (QED) is 0.824. The van der Waals surface area contributed by atoms with Crippen molar-refractivity contribution in [2.75, 3.05) is 0 Å². The zero-order chi connectivity index (χ0) is 13.1. The first-order chi connectivity index (χ1) is 9.31. The second kappa shape index (κ2) is 5.55. The molecule has 3 nitrogen and oxygen atoms in total. The molecule has 0 radical (unpaired) electrons. The van der Waals surface area contributed by atoms with Gasteiger partial charge in [-0.3, -0.25) is 0 Å². The van der Waals surface area contributed by atoms with Gasteiger partial charge in [-0.05, 0) is 25.3 Å². The third kappa shape index (κ3) is 3.03. The van der Waals surface area contributed by atoms with E-state index in [0.717, 1.165) is 23.8 Å². The fourth-order valence-corrected chi connectivity index (χ4v) is 2.88. The second-order valence-electron chi connectivity index (χ2n) is 5.57. The minimum atomic E-state index is 0.713. The summed E-state index contributed by atoms with van der Waals surface area (Å²) in [5.41, 5.74) is 2.26. The summed E-state index contributed by atoms with van der Waals surface area (Å²) in [6.07, 6.45) is 7.64. The number of aryl methyl sites for hydroxylation is 2. The van der Waals surface area contributed by atoms with E-state index in [1.165, 1.54) is 37.7 Å². The van der Waals surface area contributed by atoms with Crippen molar-refractivity contribution < 1.29 is 4.52 Å². The predicted molar refractivity (Wildman–Crippen MR) is 74.8 cm³/mol. The Morgan fingerprint density at radius 2 is 2.11 bits per heavy atom. The van der Waals surface area contributed by atoms with Gasteiger partial charge in [-0.25, -0.2) is 0 Å². The SMILES string of the molecule is Cc1cccc(-c2noc(CCC3CCCC3)n2)c1. The number of hydrogen-bond donors (Lipinski definition) is 0. The van der Waals surface area contributed by atoms with Crippen LogP contribution in [0.15, 0.2) is 28.8 Å². The van der Waals surface area contributed by atoms with E-state index in [1.54, 1.807) is 0 Å². The number of hydrogen-bond acceptors (Lipinski definition) is 3. The molecular weight excluding hydrogens is 236 g/mol. The molecule has 100 valence electrons. The molecule has 0 N–H and O–H groups in total. The van der Waals surface area contributed by atoms with E-state index in [4.69, 9.17) is 4.52 Å². The molecule has 2 aromatic rings. The normalized spacial score (nSPS) is 16.1. The van der Waals surface area contributed by atoms with E-state index in [-0.39, 0.29) is 0 Å². The van der Waals surface area contributed by atoms with Gasteiger partial charge in [0.1, 0.15) is 0 Å². The number of benzene rings is 1. The van der Waals surface area contributed by atoms with Crippen LogP contribution in [-0.4, -0.2) is 10.1 Å². The van der Waals surface area contributed by atoms with Gasteiger partial charge >= 0.3 is 0 Å². The molecule has 0 spiro atoms. The Hall–Kier alpha value is -1.64. The lowest BCUT2D eigenvalue weighted by atomic mass is 10.0. The number of rotatable bonds is 4. The zero-order valence-electron chi connectivity index (χ0n) is 11.4. The first kappa shape index (κ1) is 12.4. The maximum absolute atomic E-state index is 5.36. The maximum Gasteiger partial charge on any atom is 0.226 e. The molecule has 0 bridgehead atoms. The summed E-state index contributed by atoms with van der Waals surface area (Å²) in [6.45, 7) is 2.07. The molecule has 1 saturated carbocycles. The Morgan fingerprint density at radius 1 is 1.26 bits per heavy atom. The topological polar surface area (TPSA) is 38.9 Å². The minimum Gasteiger partial charge on any atom is -0.339 e. The fourth-order valence-electron chi connectivity index (χ4n) is 2.88. The lowest BCUT2D eigenvalue weighted by Crippen LogP contribution is -1.96. The molecule has 0 amide bonds. The van der Waals surface area contributed by atoms with Crippen molar-refractivity contribution in [1.82, 2.24) is 10.1 Å². The van der Waals surface area contributed by atoms with E-state index >= 15 is 0 Å². The van der Waals surface area contributed by atoms with Crippen molar-refractivity contribution in [1.29, 1.82) is 0 Å². The molecule has 1 aliphatic carbocycles. The first-order valence-corrected chi connectivity index (χ1v) is 7.21. The Morgan fingerprint density at radius 3 is 2.89 bits per heavy atom. The number of nitrogens with zero attached hydrogens (tertiary/aromatic N) is 2. The summed E-state index contributed by atoms with van der Waals surface area (Å²) >= 11 is 0. The molecule has 1 aromatic heterocycles. The lowest BCUT2D eigenvalue weighted by molar-refractivity contribution is 0.362. The van der Waals surface area contributed by atoms with Crippen LogP contribution in [-0.2, 0) is 6.42 Å². The molecule has 1 aliphatic rings.